The van der Waals surface area contributed by atoms with Crippen molar-refractivity contribution in [2.75, 3.05) is 34.4 Å². The first-order chi connectivity index (χ1) is 12.1. The molecule has 4 rings (SSSR count). The van der Waals surface area contributed by atoms with E-state index >= 15 is 0 Å². The van der Waals surface area contributed by atoms with E-state index in [9.17, 15) is 4.79 Å². The van der Waals surface area contributed by atoms with E-state index in [1.54, 1.807) is 14.2 Å². The van der Waals surface area contributed by atoms with E-state index in [0.29, 0.717) is 11.3 Å². The highest BCUT2D eigenvalue weighted by molar-refractivity contribution is 5.93. The van der Waals surface area contributed by atoms with Gasteiger partial charge >= 0.3 is 5.97 Å². The summed E-state index contributed by atoms with van der Waals surface area (Å²) < 4.78 is 16.2. The van der Waals surface area contributed by atoms with E-state index in [-0.39, 0.29) is 17.6 Å². The molecule has 2 aliphatic heterocycles. The molecule has 5 heteroatoms. The zero-order valence-electron chi connectivity index (χ0n) is 15.1. The van der Waals surface area contributed by atoms with Crippen LogP contribution in [-0.4, -0.2) is 51.4 Å². The van der Waals surface area contributed by atoms with E-state index in [0.717, 1.165) is 38.8 Å². The van der Waals surface area contributed by atoms with Crippen LogP contribution in [0.3, 0.4) is 0 Å². The molecule has 0 amide bonds. The summed E-state index contributed by atoms with van der Waals surface area (Å²) >= 11 is 0. The molecule has 2 heterocycles. The van der Waals surface area contributed by atoms with Crippen molar-refractivity contribution in [1.82, 2.24) is 4.90 Å². The van der Waals surface area contributed by atoms with Gasteiger partial charge in [-0.1, -0.05) is 6.08 Å². The van der Waals surface area contributed by atoms with Gasteiger partial charge in [0.1, 0.15) is 11.3 Å². The van der Waals surface area contributed by atoms with Crippen LogP contribution in [0, 0.1) is 0 Å². The van der Waals surface area contributed by atoms with Gasteiger partial charge in [-0.25, -0.2) is 4.79 Å². The zero-order valence-corrected chi connectivity index (χ0v) is 15.1. The minimum atomic E-state index is -0.351. The third-order valence-corrected chi connectivity index (χ3v) is 6.13. The number of nitrogens with zero attached hydrogens (tertiary/aromatic N) is 1. The Balaban J connectivity index is 1.91. The monoisotopic (exact) mass is 343 g/mol. The SMILES string of the molecule is COC(=O)c1cc2c(cc1OC)CCN1CCC3=CC[C@H](OC)C[C@]321. The van der Waals surface area contributed by atoms with Crippen LogP contribution >= 0.6 is 0 Å². The summed E-state index contributed by atoms with van der Waals surface area (Å²) in [7, 11) is 4.80. The number of ether oxygens (including phenoxy) is 3. The van der Waals surface area contributed by atoms with Crippen LogP contribution in [0.2, 0.25) is 0 Å². The average molecular weight is 343 g/mol. The lowest BCUT2D eigenvalue weighted by molar-refractivity contribution is 0.0290. The highest BCUT2D eigenvalue weighted by Gasteiger charge is 2.52. The number of rotatable bonds is 3. The fourth-order valence-corrected chi connectivity index (χ4v) is 4.92. The molecule has 0 radical (unpaired) electrons. The maximum absolute atomic E-state index is 12.3. The maximum Gasteiger partial charge on any atom is 0.341 e. The highest BCUT2D eigenvalue weighted by atomic mass is 16.5. The van der Waals surface area contributed by atoms with Crippen molar-refractivity contribution in [3.05, 3.63) is 40.5 Å². The third kappa shape index (κ3) is 2.33. The number of esters is 1. The van der Waals surface area contributed by atoms with Gasteiger partial charge in [0.2, 0.25) is 0 Å². The fraction of sp³-hybridized carbons (Fsp3) is 0.550. The lowest BCUT2D eigenvalue weighted by atomic mass is 9.70. The van der Waals surface area contributed by atoms with E-state index in [2.05, 4.69) is 11.0 Å². The first kappa shape index (κ1) is 16.6. The van der Waals surface area contributed by atoms with Crippen LogP contribution in [0.4, 0.5) is 0 Å². The Bertz CT molecular complexity index is 741. The standard InChI is InChI=1S/C20H25NO4/c1-23-15-5-4-14-7-9-21-8-6-13-10-18(24-2)16(19(22)25-3)11-17(13)20(14,21)12-15/h4,10-11,15H,5-9,12H2,1-3H3/t15-,20-/m0/s1. The second-order valence-electron chi connectivity index (χ2n) is 7.08. The van der Waals surface area contributed by atoms with Crippen molar-refractivity contribution < 1.29 is 19.0 Å². The molecule has 1 aromatic rings. The van der Waals surface area contributed by atoms with E-state index in [4.69, 9.17) is 14.2 Å². The number of hydrogen-bond donors (Lipinski definition) is 0. The van der Waals surface area contributed by atoms with Crippen LogP contribution < -0.4 is 4.74 Å². The molecule has 0 bridgehead atoms. The quantitative estimate of drug-likeness (QED) is 0.624. The first-order valence-corrected chi connectivity index (χ1v) is 8.91. The maximum atomic E-state index is 12.3. The molecule has 0 saturated carbocycles. The van der Waals surface area contributed by atoms with Gasteiger partial charge in [0, 0.05) is 26.6 Å². The Hall–Kier alpha value is -1.85. The molecular weight excluding hydrogens is 318 g/mol. The Morgan fingerprint density at radius 3 is 2.72 bits per heavy atom. The number of carbonyl (C=O) groups excluding carboxylic acids is 1. The van der Waals surface area contributed by atoms with E-state index in [1.165, 1.54) is 23.8 Å². The molecule has 1 spiro atoms. The summed E-state index contributed by atoms with van der Waals surface area (Å²) in [5.41, 5.74) is 4.34. The van der Waals surface area contributed by atoms with Crippen molar-refractivity contribution >= 4 is 5.97 Å². The van der Waals surface area contributed by atoms with Gasteiger partial charge in [-0.3, -0.25) is 4.90 Å². The number of methoxy groups -OCH3 is 3. The van der Waals surface area contributed by atoms with Crippen LogP contribution in [0.1, 0.15) is 40.7 Å². The van der Waals surface area contributed by atoms with E-state index in [1.807, 2.05) is 12.1 Å². The van der Waals surface area contributed by atoms with Crippen LogP contribution in [0.15, 0.2) is 23.8 Å². The highest BCUT2D eigenvalue weighted by Crippen LogP contribution is 2.53. The molecule has 5 nitrogen and oxygen atoms in total. The van der Waals surface area contributed by atoms with Crippen molar-refractivity contribution in [3.8, 4) is 5.75 Å². The molecule has 1 aromatic carbocycles. The normalized spacial score (nSPS) is 27.8. The summed E-state index contributed by atoms with van der Waals surface area (Å²) in [5, 5.41) is 0. The molecule has 1 fully saturated rings. The second kappa shape index (κ2) is 6.15. The summed E-state index contributed by atoms with van der Waals surface area (Å²) in [6.45, 7) is 2.10. The Morgan fingerprint density at radius 2 is 2.00 bits per heavy atom. The van der Waals surface area contributed by atoms with E-state index < -0.39 is 0 Å². The minimum absolute atomic E-state index is 0.137. The summed E-state index contributed by atoms with van der Waals surface area (Å²) in [4.78, 5) is 14.9. The molecule has 134 valence electrons. The predicted octanol–water partition coefficient (Wildman–Crippen LogP) is 2.67. The molecule has 0 aromatic heterocycles. The first-order valence-electron chi connectivity index (χ1n) is 8.91. The van der Waals surface area contributed by atoms with Gasteiger partial charge in [0.05, 0.1) is 25.9 Å². The van der Waals surface area contributed by atoms with Crippen LogP contribution in [0.5, 0.6) is 5.75 Å². The molecule has 1 aliphatic carbocycles. The number of benzene rings is 1. The van der Waals surface area contributed by atoms with Gasteiger partial charge in [0.15, 0.2) is 0 Å². The summed E-state index contributed by atoms with van der Waals surface area (Å²) in [6, 6.07) is 4.03. The lowest BCUT2D eigenvalue weighted by Crippen LogP contribution is -2.50. The Kier molecular flexibility index (Phi) is 4.08. The van der Waals surface area contributed by atoms with Crippen LogP contribution in [0.25, 0.3) is 0 Å². The zero-order chi connectivity index (χ0) is 17.6. The van der Waals surface area contributed by atoms with Gasteiger partial charge in [-0.15, -0.1) is 0 Å². The largest absolute Gasteiger partial charge is 0.496 e. The molecular formula is C20H25NO4. The Morgan fingerprint density at radius 1 is 1.20 bits per heavy atom. The predicted molar refractivity (Wildman–Crippen MR) is 94.0 cm³/mol. The smallest absolute Gasteiger partial charge is 0.341 e. The molecule has 1 saturated heterocycles. The third-order valence-electron chi connectivity index (χ3n) is 6.13. The second-order valence-corrected chi connectivity index (χ2v) is 7.08. The number of fused-ring (bicyclic) bond motifs is 1. The molecule has 3 aliphatic rings. The molecule has 0 unspecified atom stereocenters. The van der Waals surface area contributed by atoms with Gasteiger partial charge in [-0.2, -0.15) is 0 Å². The summed E-state index contributed by atoms with van der Waals surface area (Å²) in [5.74, 6) is 0.244. The topological polar surface area (TPSA) is 48.0 Å². The van der Waals surface area contributed by atoms with Gasteiger partial charge < -0.3 is 14.2 Å². The number of carbonyl (C=O) groups is 1. The van der Waals surface area contributed by atoms with Crippen molar-refractivity contribution in [3.63, 3.8) is 0 Å². The van der Waals surface area contributed by atoms with Gasteiger partial charge in [-0.05, 0) is 48.1 Å². The average Bonchev–Trinajstić information content (AvgIpc) is 3.05. The van der Waals surface area contributed by atoms with Gasteiger partial charge in [0.25, 0.3) is 0 Å². The minimum Gasteiger partial charge on any atom is -0.496 e. The van der Waals surface area contributed by atoms with Crippen molar-refractivity contribution in [2.45, 2.75) is 37.3 Å². The Labute approximate surface area is 148 Å². The number of hydrogen-bond acceptors (Lipinski definition) is 5. The summed E-state index contributed by atoms with van der Waals surface area (Å²) in [6.07, 6.45) is 6.54. The molecule has 2 atom stereocenters. The molecule has 0 N–H and O–H groups in total. The molecule has 25 heavy (non-hydrogen) atoms. The fourth-order valence-electron chi connectivity index (χ4n) is 4.92. The van der Waals surface area contributed by atoms with Crippen LogP contribution in [-0.2, 0) is 21.4 Å². The van der Waals surface area contributed by atoms with Crippen molar-refractivity contribution in [2.24, 2.45) is 0 Å². The van der Waals surface area contributed by atoms with Crippen molar-refractivity contribution in [1.29, 1.82) is 0 Å². The lowest BCUT2D eigenvalue weighted by Gasteiger charge is -2.48.